The molecule has 1 aliphatic heterocycles. The van der Waals surface area contributed by atoms with Crippen molar-refractivity contribution >= 4 is 17.8 Å². The predicted molar refractivity (Wildman–Crippen MR) is 115 cm³/mol. The maximum atomic E-state index is 15.0. The number of carbonyl (C=O) groups excluding carboxylic acids is 2. The maximum absolute atomic E-state index is 15.0. The predicted octanol–water partition coefficient (Wildman–Crippen LogP) is 3.11. The third-order valence-electron chi connectivity index (χ3n) is 5.36. The Morgan fingerprint density at radius 1 is 1.17 bits per heavy atom. The van der Waals surface area contributed by atoms with Crippen LogP contribution < -0.4 is 10.6 Å². The average molecular weight is 410 g/mol. The molecular weight excluding hydrogens is 383 g/mol. The number of aryl methyl sites for hydroxylation is 1. The highest BCUT2D eigenvalue weighted by molar-refractivity contribution is 6.10. The minimum atomic E-state index is -0.591. The van der Waals surface area contributed by atoms with Gasteiger partial charge < -0.3 is 15.7 Å². The highest BCUT2D eigenvalue weighted by atomic mass is 19.1. The number of benzene rings is 2. The molecule has 2 aromatic rings. The largest absolute Gasteiger partial charge is 0.396 e. The monoisotopic (exact) mass is 410 g/mol. The molecule has 0 radical (unpaired) electrons. The van der Waals surface area contributed by atoms with Crippen LogP contribution in [-0.4, -0.2) is 42.5 Å². The molecule has 30 heavy (non-hydrogen) atoms. The summed E-state index contributed by atoms with van der Waals surface area (Å²) in [6.45, 7) is 5.30. The smallest absolute Gasteiger partial charge is 0.251 e. The van der Waals surface area contributed by atoms with Crippen molar-refractivity contribution in [2.75, 3.05) is 19.7 Å². The molecule has 3 rings (SSSR count). The molecule has 6 heteroatoms. The number of hydrogen-bond donors (Lipinski definition) is 3. The third-order valence-corrected chi connectivity index (χ3v) is 5.36. The lowest BCUT2D eigenvalue weighted by molar-refractivity contribution is 0.0938. The average Bonchev–Trinajstić information content (AvgIpc) is 3.27. The molecule has 0 aliphatic carbocycles. The molecule has 158 valence electrons. The van der Waals surface area contributed by atoms with Crippen molar-refractivity contribution in [3.63, 3.8) is 0 Å². The Balaban J connectivity index is 1.82. The zero-order chi connectivity index (χ0) is 21.5. The zero-order valence-corrected chi connectivity index (χ0v) is 16.9. The van der Waals surface area contributed by atoms with Gasteiger partial charge in [-0.25, -0.2) is 4.39 Å². The summed E-state index contributed by atoms with van der Waals surface area (Å²) < 4.78 is 15.0. The van der Waals surface area contributed by atoms with Crippen molar-refractivity contribution in [2.45, 2.75) is 31.7 Å². The van der Waals surface area contributed by atoms with Gasteiger partial charge in [-0.15, -0.1) is 0 Å². The quantitative estimate of drug-likeness (QED) is 0.439. The highest BCUT2D eigenvalue weighted by Gasteiger charge is 2.22. The molecule has 3 N–H and O–H groups in total. The van der Waals surface area contributed by atoms with Crippen LogP contribution in [0.3, 0.4) is 0 Å². The van der Waals surface area contributed by atoms with Crippen molar-refractivity contribution in [3.05, 3.63) is 76.6 Å². The van der Waals surface area contributed by atoms with E-state index in [9.17, 15) is 9.59 Å². The van der Waals surface area contributed by atoms with Gasteiger partial charge in [-0.3, -0.25) is 9.59 Å². The zero-order valence-electron chi connectivity index (χ0n) is 16.9. The SMILES string of the molecule is C=Cc1ccc(CCCCO)c(C(=O)c2ccc(C(=O)N[C@H]3CCNC3)cc2)c1F. The van der Waals surface area contributed by atoms with E-state index in [-0.39, 0.29) is 29.7 Å². The van der Waals surface area contributed by atoms with Gasteiger partial charge in [-0.05, 0) is 49.9 Å². The first-order valence-corrected chi connectivity index (χ1v) is 10.3. The summed E-state index contributed by atoms with van der Waals surface area (Å²) in [4.78, 5) is 25.5. The number of halogens is 1. The summed E-state index contributed by atoms with van der Waals surface area (Å²) in [7, 11) is 0. The fourth-order valence-corrected chi connectivity index (χ4v) is 3.63. The fraction of sp³-hybridized carbons (Fsp3) is 0.333. The lowest BCUT2D eigenvalue weighted by Gasteiger charge is -2.13. The number of rotatable bonds is 9. The van der Waals surface area contributed by atoms with Crippen LogP contribution in [0.1, 0.15) is 56.7 Å². The number of hydrogen-bond acceptors (Lipinski definition) is 4. The van der Waals surface area contributed by atoms with Crippen molar-refractivity contribution in [1.29, 1.82) is 0 Å². The lowest BCUT2D eigenvalue weighted by Crippen LogP contribution is -2.36. The summed E-state index contributed by atoms with van der Waals surface area (Å²) in [6, 6.07) is 9.75. The van der Waals surface area contributed by atoms with E-state index in [1.807, 2.05) is 0 Å². The van der Waals surface area contributed by atoms with Gasteiger partial charge in [0.1, 0.15) is 5.82 Å². The summed E-state index contributed by atoms with van der Waals surface area (Å²) >= 11 is 0. The molecule has 0 saturated carbocycles. The van der Waals surface area contributed by atoms with Gasteiger partial charge in [0.25, 0.3) is 5.91 Å². The Morgan fingerprint density at radius 2 is 1.90 bits per heavy atom. The molecule has 0 aromatic heterocycles. The van der Waals surface area contributed by atoms with Crippen LogP contribution in [0.4, 0.5) is 4.39 Å². The Bertz CT molecular complexity index is 919. The fourth-order valence-electron chi connectivity index (χ4n) is 3.63. The first-order valence-electron chi connectivity index (χ1n) is 10.3. The van der Waals surface area contributed by atoms with E-state index in [4.69, 9.17) is 5.11 Å². The van der Waals surface area contributed by atoms with Gasteiger partial charge in [0, 0.05) is 35.9 Å². The van der Waals surface area contributed by atoms with Crippen molar-refractivity contribution in [3.8, 4) is 0 Å². The van der Waals surface area contributed by atoms with E-state index in [1.165, 1.54) is 6.08 Å². The normalized spacial score (nSPS) is 15.7. The molecule has 0 unspecified atom stereocenters. The van der Waals surface area contributed by atoms with Crippen LogP contribution in [0.15, 0.2) is 43.0 Å². The summed E-state index contributed by atoms with van der Waals surface area (Å²) in [6.07, 6.45) is 4.00. The minimum absolute atomic E-state index is 0.0274. The van der Waals surface area contributed by atoms with Gasteiger partial charge in [-0.1, -0.05) is 36.9 Å². The number of nitrogens with one attached hydrogen (secondary N) is 2. The van der Waals surface area contributed by atoms with Crippen LogP contribution >= 0.6 is 0 Å². The van der Waals surface area contributed by atoms with Crippen LogP contribution in [0.5, 0.6) is 0 Å². The molecule has 1 heterocycles. The summed E-state index contributed by atoms with van der Waals surface area (Å²) in [5, 5.41) is 15.2. The van der Waals surface area contributed by atoms with Gasteiger partial charge in [0.05, 0.1) is 5.56 Å². The molecule has 5 nitrogen and oxygen atoms in total. The van der Waals surface area contributed by atoms with Crippen LogP contribution in [0.25, 0.3) is 6.08 Å². The van der Waals surface area contributed by atoms with E-state index < -0.39 is 11.6 Å². The second-order valence-electron chi connectivity index (χ2n) is 7.46. The minimum Gasteiger partial charge on any atom is -0.396 e. The van der Waals surface area contributed by atoms with E-state index in [0.29, 0.717) is 36.0 Å². The van der Waals surface area contributed by atoms with Gasteiger partial charge in [0.15, 0.2) is 5.78 Å². The summed E-state index contributed by atoms with van der Waals surface area (Å²) in [5.41, 5.74) is 1.68. The highest BCUT2D eigenvalue weighted by Crippen LogP contribution is 2.24. The Labute approximate surface area is 176 Å². The van der Waals surface area contributed by atoms with E-state index in [0.717, 1.165) is 19.5 Å². The number of unbranched alkanes of at least 4 members (excludes halogenated alkanes) is 1. The number of carbonyl (C=O) groups is 2. The molecule has 1 atom stereocenters. The Hall–Kier alpha value is -2.83. The van der Waals surface area contributed by atoms with Crippen LogP contribution in [0, 0.1) is 5.82 Å². The first-order chi connectivity index (χ1) is 14.5. The Morgan fingerprint density at radius 3 is 2.53 bits per heavy atom. The lowest BCUT2D eigenvalue weighted by atomic mass is 9.92. The van der Waals surface area contributed by atoms with Crippen LogP contribution in [-0.2, 0) is 6.42 Å². The molecule has 1 amide bonds. The van der Waals surface area contributed by atoms with E-state index >= 15 is 4.39 Å². The van der Waals surface area contributed by atoms with Crippen molar-refractivity contribution in [1.82, 2.24) is 10.6 Å². The maximum Gasteiger partial charge on any atom is 0.251 e. The number of aliphatic hydroxyl groups is 1. The molecule has 0 spiro atoms. The molecule has 1 saturated heterocycles. The Kier molecular flexibility index (Phi) is 7.49. The second kappa shape index (κ2) is 10.3. The van der Waals surface area contributed by atoms with E-state index in [1.54, 1.807) is 36.4 Å². The molecule has 1 aliphatic rings. The van der Waals surface area contributed by atoms with Crippen molar-refractivity contribution < 1.29 is 19.1 Å². The van der Waals surface area contributed by atoms with E-state index in [2.05, 4.69) is 17.2 Å². The summed E-state index contributed by atoms with van der Waals surface area (Å²) in [5.74, 6) is -1.21. The molecular formula is C24H27FN2O3. The van der Waals surface area contributed by atoms with Gasteiger partial charge in [-0.2, -0.15) is 0 Å². The van der Waals surface area contributed by atoms with Gasteiger partial charge >= 0.3 is 0 Å². The number of amides is 1. The second-order valence-corrected chi connectivity index (χ2v) is 7.46. The molecule has 1 fully saturated rings. The first kappa shape index (κ1) is 21.9. The molecule has 0 bridgehead atoms. The topological polar surface area (TPSA) is 78.4 Å². The standard InChI is InChI=1S/C24H27FN2O3/c1-2-16-6-7-17(5-3-4-14-28)21(22(16)25)23(29)18-8-10-19(11-9-18)24(30)27-20-12-13-26-15-20/h2,6-11,20,26,28H,1,3-5,12-15H2,(H,27,30)/t20-/m0/s1. The number of aliphatic hydroxyl groups excluding tert-OH is 1. The molecule has 2 aromatic carbocycles. The third kappa shape index (κ3) is 5.01. The van der Waals surface area contributed by atoms with Gasteiger partial charge in [0.2, 0.25) is 0 Å². The number of ketones is 1. The van der Waals surface area contributed by atoms with Crippen molar-refractivity contribution in [2.24, 2.45) is 0 Å². The van der Waals surface area contributed by atoms with Crippen LogP contribution in [0.2, 0.25) is 0 Å².